The molecule has 2 aromatic carbocycles. The number of carbonyl (C=O) groups is 2. The number of benzene rings is 2. The molecule has 0 bridgehead atoms. The van der Waals surface area contributed by atoms with Crippen LogP contribution in [0.25, 0.3) is 0 Å². The average molecular weight is 415 g/mol. The van der Waals surface area contributed by atoms with Crippen LogP contribution in [0, 0.1) is 13.8 Å². The molecule has 0 aromatic heterocycles. The molecule has 1 fully saturated rings. The summed E-state index contributed by atoms with van der Waals surface area (Å²) in [6, 6.07) is 14.0. The zero-order valence-corrected chi connectivity index (χ0v) is 17.6. The van der Waals surface area contributed by atoms with Crippen LogP contribution in [0.2, 0.25) is 0 Å². The lowest BCUT2D eigenvalue weighted by molar-refractivity contribution is -0.132. The van der Waals surface area contributed by atoms with Gasteiger partial charge in [-0.05, 0) is 37.1 Å². The van der Waals surface area contributed by atoms with Crippen LogP contribution in [-0.4, -0.2) is 55.5 Å². The Morgan fingerprint density at radius 1 is 0.862 bits per heavy atom. The van der Waals surface area contributed by atoms with Gasteiger partial charge in [-0.25, -0.2) is 8.42 Å². The van der Waals surface area contributed by atoms with E-state index in [9.17, 15) is 18.0 Å². The van der Waals surface area contributed by atoms with Crippen LogP contribution < -0.4 is 0 Å². The number of sulfonamides is 1. The van der Waals surface area contributed by atoms with Crippen molar-refractivity contribution in [2.75, 3.05) is 26.2 Å². The van der Waals surface area contributed by atoms with Gasteiger partial charge in [0.1, 0.15) is 0 Å². The van der Waals surface area contributed by atoms with Gasteiger partial charge in [-0.3, -0.25) is 9.59 Å². The molecule has 1 amide bonds. The highest BCUT2D eigenvalue weighted by atomic mass is 32.2. The van der Waals surface area contributed by atoms with Crippen LogP contribution in [-0.2, 0) is 14.8 Å². The standard InChI is InChI=1S/C22H26N2O4S/c1-17-8-9-20(16-18(17)2)29(27,28)24-14-12-23(13-15-24)22(26)11-10-21(25)19-6-4-3-5-7-19/h3-9,16H,10-15H2,1-2H3. The van der Waals surface area contributed by atoms with Gasteiger partial charge in [-0.1, -0.05) is 36.4 Å². The minimum Gasteiger partial charge on any atom is -0.340 e. The van der Waals surface area contributed by atoms with Crippen molar-refractivity contribution in [3.63, 3.8) is 0 Å². The SMILES string of the molecule is Cc1ccc(S(=O)(=O)N2CCN(C(=O)CCC(=O)c3ccccc3)CC2)cc1C. The van der Waals surface area contributed by atoms with Gasteiger partial charge in [-0.2, -0.15) is 4.31 Å². The highest BCUT2D eigenvalue weighted by Crippen LogP contribution is 2.21. The molecule has 1 aliphatic rings. The van der Waals surface area contributed by atoms with Crippen molar-refractivity contribution in [3.8, 4) is 0 Å². The number of amides is 1. The van der Waals surface area contributed by atoms with Gasteiger partial charge in [0, 0.05) is 44.6 Å². The largest absolute Gasteiger partial charge is 0.340 e. The van der Waals surface area contributed by atoms with Crippen LogP contribution in [0.15, 0.2) is 53.4 Å². The predicted molar refractivity (Wildman–Crippen MR) is 111 cm³/mol. The van der Waals surface area contributed by atoms with Crippen molar-refractivity contribution in [2.24, 2.45) is 0 Å². The molecule has 1 aliphatic heterocycles. The summed E-state index contributed by atoms with van der Waals surface area (Å²) in [7, 11) is -3.57. The number of ketones is 1. The highest BCUT2D eigenvalue weighted by molar-refractivity contribution is 7.89. The molecule has 1 saturated heterocycles. The van der Waals surface area contributed by atoms with Crippen molar-refractivity contribution in [3.05, 3.63) is 65.2 Å². The third kappa shape index (κ3) is 4.92. The Labute approximate surface area is 172 Å². The quantitative estimate of drug-likeness (QED) is 0.681. The van der Waals surface area contributed by atoms with E-state index in [0.29, 0.717) is 18.7 Å². The number of hydrogen-bond donors (Lipinski definition) is 0. The van der Waals surface area contributed by atoms with E-state index in [1.807, 2.05) is 26.0 Å². The molecular weight excluding hydrogens is 388 g/mol. The fourth-order valence-electron chi connectivity index (χ4n) is 3.35. The van der Waals surface area contributed by atoms with Crippen LogP contribution >= 0.6 is 0 Å². The van der Waals surface area contributed by atoms with Gasteiger partial charge in [0.25, 0.3) is 0 Å². The fraction of sp³-hybridized carbons (Fsp3) is 0.364. The number of carbonyl (C=O) groups excluding carboxylic acids is 2. The van der Waals surface area contributed by atoms with Crippen LogP contribution in [0.1, 0.15) is 34.3 Å². The average Bonchev–Trinajstić information content (AvgIpc) is 2.74. The van der Waals surface area contributed by atoms with Gasteiger partial charge in [0.15, 0.2) is 5.78 Å². The van der Waals surface area contributed by atoms with Gasteiger partial charge >= 0.3 is 0 Å². The summed E-state index contributed by atoms with van der Waals surface area (Å²) in [6.07, 6.45) is 0.293. The first-order valence-corrected chi connectivity index (χ1v) is 11.2. The van der Waals surface area contributed by atoms with E-state index in [1.54, 1.807) is 41.3 Å². The Bertz CT molecular complexity index is 995. The Morgan fingerprint density at radius 3 is 2.14 bits per heavy atom. The summed E-state index contributed by atoms with van der Waals surface area (Å²) < 4.78 is 27.2. The molecule has 0 unspecified atom stereocenters. The second kappa shape index (κ2) is 8.88. The Morgan fingerprint density at radius 2 is 1.52 bits per heavy atom. The number of piperazine rings is 1. The number of nitrogens with zero attached hydrogens (tertiary/aromatic N) is 2. The van der Waals surface area contributed by atoms with Gasteiger partial charge < -0.3 is 4.90 Å². The second-order valence-corrected chi connectivity index (χ2v) is 9.26. The van der Waals surface area contributed by atoms with E-state index in [4.69, 9.17) is 0 Å². The maximum absolute atomic E-state index is 12.9. The van der Waals surface area contributed by atoms with Crippen LogP contribution in [0.5, 0.6) is 0 Å². The third-order valence-electron chi connectivity index (χ3n) is 5.37. The van der Waals surface area contributed by atoms with E-state index in [1.165, 1.54) is 4.31 Å². The van der Waals surface area contributed by atoms with E-state index in [-0.39, 0.29) is 42.5 Å². The predicted octanol–water partition coefficient (Wildman–Crippen LogP) is 2.80. The lowest BCUT2D eigenvalue weighted by atomic mass is 10.1. The van der Waals surface area contributed by atoms with Crippen molar-refractivity contribution >= 4 is 21.7 Å². The molecule has 7 heteroatoms. The van der Waals surface area contributed by atoms with Crippen molar-refractivity contribution in [1.82, 2.24) is 9.21 Å². The van der Waals surface area contributed by atoms with Gasteiger partial charge in [0.2, 0.25) is 15.9 Å². The molecule has 0 saturated carbocycles. The minimum absolute atomic E-state index is 0.0603. The third-order valence-corrected chi connectivity index (χ3v) is 7.26. The summed E-state index contributed by atoms with van der Waals surface area (Å²) in [5, 5.41) is 0. The molecule has 0 atom stereocenters. The number of aryl methyl sites for hydroxylation is 2. The molecule has 154 valence electrons. The first-order chi connectivity index (χ1) is 13.8. The van der Waals surface area contributed by atoms with Gasteiger partial charge in [0.05, 0.1) is 4.90 Å². The molecule has 1 heterocycles. The minimum atomic E-state index is -3.57. The molecule has 6 nitrogen and oxygen atoms in total. The monoisotopic (exact) mass is 414 g/mol. The summed E-state index contributed by atoms with van der Waals surface area (Å²) in [5.74, 6) is -0.174. The summed E-state index contributed by atoms with van der Waals surface area (Å²) >= 11 is 0. The fourth-order valence-corrected chi connectivity index (χ4v) is 4.86. The molecular formula is C22H26N2O4S. The Kier molecular flexibility index (Phi) is 6.49. The molecule has 0 aliphatic carbocycles. The lowest BCUT2D eigenvalue weighted by Crippen LogP contribution is -2.50. The second-order valence-electron chi connectivity index (χ2n) is 7.32. The van der Waals surface area contributed by atoms with E-state index < -0.39 is 10.0 Å². The smallest absolute Gasteiger partial charge is 0.243 e. The van der Waals surface area contributed by atoms with Gasteiger partial charge in [-0.15, -0.1) is 0 Å². The van der Waals surface area contributed by atoms with Crippen LogP contribution in [0.3, 0.4) is 0 Å². The summed E-state index contributed by atoms with van der Waals surface area (Å²) in [5.41, 5.74) is 2.58. The first-order valence-electron chi connectivity index (χ1n) is 9.72. The molecule has 0 radical (unpaired) electrons. The van der Waals surface area contributed by atoms with E-state index in [0.717, 1.165) is 11.1 Å². The zero-order chi connectivity index (χ0) is 21.0. The molecule has 0 N–H and O–H groups in total. The molecule has 0 spiro atoms. The summed E-state index contributed by atoms with van der Waals surface area (Å²) in [4.78, 5) is 26.5. The van der Waals surface area contributed by atoms with E-state index in [2.05, 4.69) is 0 Å². The number of Topliss-reactive ketones (excluding diaryl/α,β-unsaturated/α-hetero) is 1. The zero-order valence-electron chi connectivity index (χ0n) is 16.8. The summed E-state index contributed by atoms with van der Waals surface area (Å²) in [6.45, 7) is 5.02. The molecule has 29 heavy (non-hydrogen) atoms. The Balaban J connectivity index is 1.55. The first kappa shape index (κ1) is 21.2. The normalized spacial score (nSPS) is 15.3. The molecule has 2 aromatic rings. The maximum atomic E-state index is 12.9. The van der Waals surface area contributed by atoms with Crippen molar-refractivity contribution < 1.29 is 18.0 Å². The number of rotatable bonds is 6. The Hall–Kier alpha value is -2.51. The van der Waals surface area contributed by atoms with Crippen molar-refractivity contribution in [2.45, 2.75) is 31.6 Å². The van der Waals surface area contributed by atoms with Crippen molar-refractivity contribution in [1.29, 1.82) is 0 Å². The maximum Gasteiger partial charge on any atom is 0.243 e. The van der Waals surface area contributed by atoms with E-state index >= 15 is 0 Å². The lowest BCUT2D eigenvalue weighted by Gasteiger charge is -2.34. The highest BCUT2D eigenvalue weighted by Gasteiger charge is 2.30. The van der Waals surface area contributed by atoms with Crippen LogP contribution in [0.4, 0.5) is 0 Å². The topological polar surface area (TPSA) is 74.8 Å². The number of hydrogen-bond acceptors (Lipinski definition) is 4. The molecule has 3 rings (SSSR count).